The molecule has 1 aliphatic rings. The Labute approximate surface area is 97.6 Å². The van der Waals surface area contributed by atoms with Crippen LogP contribution in [0.25, 0.3) is 0 Å². The highest BCUT2D eigenvalue weighted by atomic mass is 16.6. The summed E-state index contributed by atoms with van der Waals surface area (Å²) >= 11 is 0. The Hall–Kier alpha value is -2.02. The smallest absolute Gasteiger partial charge is 0.358 e. The summed E-state index contributed by atoms with van der Waals surface area (Å²) in [6.45, 7) is 2.74. The van der Waals surface area contributed by atoms with Crippen molar-refractivity contribution in [2.45, 2.75) is 0 Å². The minimum atomic E-state index is -0.603. The number of amides is 1. The molecule has 17 heavy (non-hydrogen) atoms. The van der Waals surface area contributed by atoms with E-state index in [0.717, 1.165) is 13.1 Å². The van der Waals surface area contributed by atoms with Crippen molar-refractivity contribution in [3.63, 3.8) is 0 Å². The lowest BCUT2D eigenvalue weighted by Crippen LogP contribution is -2.46. The number of pyridine rings is 1. The van der Waals surface area contributed by atoms with Crippen LogP contribution in [-0.4, -0.2) is 46.9 Å². The quantitative estimate of drug-likeness (QED) is 0.578. The van der Waals surface area contributed by atoms with Crippen molar-refractivity contribution in [2.24, 2.45) is 0 Å². The zero-order valence-corrected chi connectivity index (χ0v) is 9.13. The summed E-state index contributed by atoms with van der Waals surface area (Å²) in [5.74, 6) is -0.483. The second-order valence-corrected chi connectivity index (χ2v) is 3.70. The van der Waals surface area contributed by atoms with Gasteiger partial charge in [0.1, 0.15) is 6.20 Å². The van der Waals surface area contributed by atoms with Gasteiger partial charge in [-0.2, -0.15) is 0 Å². The first-order valence-corrected chi connectivity index (χ1v) is 5.29. The molecule has 1 fully saturated rings. The van der Waals surface area contributed by atoms with Gasteiger partial charge in [0.2, 0.25) is 0 Å². The minimum Gasteiger partial charge on any atom is -0.358 e. The third-order valence-electron chi connectivity index (χ3n) is 2.58. The standard InChI is InChI=1S/C10H12N4O3/c15-10(13-5-3-11-4-6-13)8-1-2-12-9(7-8)14(16)17/h1-2,7,11H,3-6H2. The minimum absolute atomic E-state index is 0.183. The summed E-state index contributed by atoms with van der Waals surface area (Å²) < 4.78 is 0. The van der Waals surface area contributed by atoms with E-state index in [1.165, 1.54) is 18.3 Å². The Morgan fingerprint density at radius 3 is 2.82 bits per heavy atom. The second-order valence-electron chi connectivity index (χ2n) is 3.70. The van der Waals surface area contributed by atoms with Crippen LogP contribution < -0.4 is 5.32 Å². The Kier molecular flexibility index (Phi) is 3.29. The van der Waals surface area contributed by atoms with Gasteiger partial charge in [0.05, 0.1) is 5.56 Å². The highest BCUT2D eigenvalue weighted by Crippen LogP contribution is 2.11. The molecule has 0 bridgehead atoms. The molecule has 1 saturated heterocycles. The van der Waals surface area contributed by atoms with Gasteiger partial charge in [-0.1, -0.05) is 0 Å². The van der Waals surface area contributed by atoms with E-state index in [1.54, 1.807) is 4.90 Å². The van der Waals surface area contributed by atoms with E-state index < -0.39 is 4.92 Å². The van der Waals surface area contributed by atoms with Gasteiger partial charge in [-0.3, -0.25) is 4.79 Å². The SMILES string of the molecule is O=C(c1ccnc([N+](=O)[O-])c1)N1CCNCC1. The Bertz CT molecular complexity index is 443. The molecule has 0 aliphatic carbocycles. The molecule has 2 rings (SSSR count). The summed E-state index contributed by atoms with van der Waals surface area (Å²) in [5.41, 5.74) is 0.314. The van der Waals surface area contributed by atoms with Crippen LogP contribution in [0.4, 0.5) is 5.82 Å². The fourth-order valence-corrected chi connectivity index (χ4v) is 1.70. The van der Waals surface area contributed by atoms with Gasteiger partial charge in [-0.15, -0.1) is 0 Å². The van der Waals surface area contributed by atoms with Gasteiger partial charge in [0, 0.05) is 32.2 Å². The summed E-state index contributed by atoms with van der Waals surface area (Å²) in [4.78, 5) is 27.2. The van der Waals surface area contributed by atoms with Crippen LogP contribution in [0.5, 0.6) is 0 Å². The number of carbonyl (C=O) groups is 1. The van der Waals surface area contributed by atoms with Crippen LogP contribution in [0.3, 0.4) is 0 Å². The Morgan fingerprint density at radius 2 is 2.18 bits per heavy atom. The molecule has 7 heteroatoms. The summed E-state index contributed by atoms with van der Waals surface area (Å²) in [6.07, 6.45) is 1.29. The van der Waals surface area contributed by atoms with Crippen molar-refractivity contribution in [3.05, 3.63) is 34.0 Å². The van der Waals surface area contributed by atoms with Crippen molar-refractivity contribution in [1.82, 2.24) is 15.2 Å². The number of aromatic nitrogens is 1. The van der Waals surface area contributed by atoms with E-state index in [1.807, 2.05) is 0 Å². The summed E-state index contributed by atoms with van der Waals surface area (Å²) in [5, 5.41) is 13.7. The molecule has 1 aliphatic heterocycles. The predicted octanol–water partition coefficient (Wildman–Crippen LogP) is 0.0352. The van der Waals surface area contributed by atoms with Crippen LogP contribution in [0.2, 0.25) is 0 Å². The van der Waals surface area contributed by atoms with Gasteiger partial charge < -0.3 is 20.3 Å². The lowest BCUT2D eigenvalue weighted by atomic mass is 10.2. The largest absolute Gasteiger partial charge is 0.364 e. The molecule has 1 N–H and O–H groups in total. The Morgan fingerprint density at radius 1 is 1.47 bits per heavy atom. The van der Waals surface area contributed by atoms with E-state index >= 15 is 0 Å². The molecule has 2 heterocycles. The molecule has 90 valence electrons. The average molecular weight is 236 g/mol. The van der Waals surface area contributed by atoms with Crippen LogP contribution >= 0.6 is 0 Å². The topological polar surface area (TPSA) is 88.4 Å². The fourth-order valence-electron chi connectivity index (χ4n) is 1.70. The molecular formula is C10H12N4O3. The number of hydrogen-bond acceptors (Lipinski definition) is 5. The monoisotopic (exact) mass is 236 g/mol. The normalized spacial score (nSPS) is 15.6. The third-order valence-corrected chi connectivity index (χ3v) is 2.58. The summed E-state index contributed by atoms with van der Waals surface area (Å²) in [6, 6.07) is 2.71. The van der Waals surface area contributed by atoms with E-state index in [0.29, 0.717) is 18.7 Å². The molecule has 0 spiro atoms. The van der Waals surface area contributed by atoms with Crippen LogP contribution in [0, 0.1) is 10.1 Å². The number of nitrogens with one attached hydrogen (secondary N) is 1. The van der Waals surface area contributed by atoms with Gasteiger partial charge >= 0.3 is 5.82 Å². The van der Waals surface area contributed by atoms with E-state index in [-0.39, 0.29) is 11.7 Å². The number of nitrogens with zero attached hydrogens (tertiary/aromatic N) is 3. The predicted molar refractivity (Wildman–Crippen MR) is 59.7 cm³/mol. The zero-order chi connectivity index (χ0) is 12.3. The highest BCUT2D eigenvalue weighted by molar-refractivity contribution is 5.94. The van der Waals surface area contributed by atoms with Gasteiger partial charge in [-0.25, -0.2) is 0 Å². The van der Waals surface area contributed by atoms with E-state index in [2.05, 4.69) is 10.3 Å². The molecule has 0 unspecified atom stereocenters. The number of rotatable bonds is 2. The first-order valence-electron chi connectivity index (χ1n) is 5.29. The first-order chi connectivity index (χ1) is 8.18. The molecular weight excluding hydrogens is 224 g/mol. The first kappa shape index (κ1) is 11.5. The number of nitro groups is 1. The molecule has 1 aromatic rings. The molecule has 0 radical (unpaired) electrons. The van der Waals surface area contributed by atoms with Gasteiger partial charge in [0.15, 0.2) is 0 Å². The number of piperazine rings is 1. The average Bonchev–Trinajstić information content (AvgIpc) is 2.39. The third kappa shape index (κ3) is 2.56. The summed E-state index contributed by atoms with van der Waals surface area (Å²) in [7, 11) is 0. The maximum atomic E-state index is 12.0. The van der Waals surface area contributed by atoms with Gasteiger partial charge in [-0.05, 0) is 16.0 Å². The lowest BCUT2D eigenvalue weighted by Gasteiger charge is -2.27. The number of hydrogen-bond donors (Lipinski definition) is 1. The molecule has 0 saturated carbocycles. The molecule has 1 aromatic heterocycles. The van der Waals surface area contributed by atoms with Crippen molar-refractivity contribution in [3.8, 4) is 0 Å². The van der Waals surface area contributed by atoms with E-state index in [4.69, 9.17) is 0 Å². The lowest BCUT2D eigenvalue weighted by molar-refractivity contribution is -0.389. The van der Waals surface area contributed by atoms with Crippen LogP contribution in [0.1, 0.15) is 10.4 Å². The fraction of sp³-hybridized carbons (Fsp3) is 0.400. The van der Waals surface area contributed by atoms with Gasteiger partial charge in [0.25, 0.3) is 5.91 Å². The van der Waals surface area contributed by atoms with Crippen molar-refractivity contribution >= 4 is 11.7 Å². The maximum absolute atomic E-state index is 12.0. The van der Waals surface area contributed by atoms with Crippen LogP contribution in [0.15, 0.2) is 18.3 Å². The maximum Gasteiger partial charge on any atom is 0.364 e. The van der Waals surface area contributed by atoms with E-state index in [9.17, 15) is 14.9 Å². The molecule has 1 amide bonds. The molecule has 0 atom stereocenters. The van der Waals surface area contributed by atoms with Crippen molar-refractivity contribution in [1.29, 1.82) is 0 Å². The second kappa shape index (κ2) is 4.88. The Balaban J connectivity index is 2.18. The number of carbonyl (C=O) groups excluding carboxylic acids is 1. The highest BCUT2D eigenvalue weighted by Gasteiger charge is 2.20. The van der Waals surface area contributed by atoms with Crippen LogP contribution in [-0.2, 0) is 0 Å². The molecule has 7 nitrogen and oxygen atoms in total. The van der Waals surface area contributed by atoms with Crippen molar-refractivity contribution in [2.75, 3.05) is 26.2 Å². The molecule has 0 aromatic carbocycles. The van der Waals surface area contributed by atoms with Crippen molar-refractivity contribution < 1.29 is 9.72 Å². The zero-order valence-electron chi connectivity index (χ0n) is 9.13.